The zero-order valence-electron chi connectivity index (χ0n) is 21.0. The molecule has 0 saturated carbocycles. The Morgan fingerprint density at radius 2 is 1.76 bits per heavy atom. The van der Waals surface area contributed by atoms with Gasteiger partial charge in [-0.15, -0.1) is 0 Å². The van der Waals surface area contributed by atoms with Gasteiger partial charge in [0, 0.05) is 46.5 Å². The molecule has 0 aliphatic heterocycles. The Morgan fingerprint density at radius 1 is 1.00 bits per heavy atom. The summed E-state index contributed by atoms with van der Waals surface area (Å²) in [6.07, 6.45) is 15.9. The van der Waals surface area contributed by atoms with Gasteiger partial charge < -0.3 is 14.5 Å². The Balaban J connectivity index is 2.03. The average Bonchev–Trinajstić information content (AvgIpc) is 3.29. The number of hydrogen-bond donors (Lipinski definition) is 1. The van der Waals surface area contributed by atoms with Crippen molar-refractivity contribution in [1.29, 1.82) is 5.41 Å². The molecule has 0 amide bonds. The summed E-state index contributed by atoms with van der Waals surface area (Å²) in [5.74, 6) is 0. The molecule has 4 rings (SSSR count). The van der Waals surface area contributed by atoms with E-state index in [-0.39, 0.29) is 0 Å². The van der Waals surface area contributed by atoms with E-state index in [1.54, 1.807) is 0 Å². The minimum atomic E-state index is 0.660. The summed E-state index contributed by atoms with van der Waals surface area (Å²) in [7, 11) is 0. The molecule has 0 atom stereocenters. The third-order valence-corrected chi connectivity index (χ3v) is 6.56. The van der Waals surface area contributed by atoms with Crippen molar-refractivity contribution in [2.75, 3.05) is 0 Å². The fraction of sp³-hybridized carbons (Fsp3) is 0.258. The fourth-order valence-electron chi connectivity index (χ4n) is 5.08. The third-order valence-electron chi connectivity index (χ3n) is 6.56. The van der Waals surface area contributed by atoms with Crippen LogP contribution in [-0.4, -0.2) is 15.3 Å². The number of aromatic nitrogens is 2. The van der Waals surface area contributed by atoms with Crippen molar-refractivity contribution in [2.24, 2.45) is 0 Å². The lowest BCUT2D eigenvalue weighted by molar-refractivity contribution is 0.759. The second kappa shape index (κ2) is 10.1. The van der Waals surface area contributed by atoms with Crippen LogP contribution < -0.4 is 0 Å². The third kappa shape index (κ3) is 4.19. The van der Waals surface area contributed by atoms with Crippen LogP contribution in [0.5, 0.6) is 0 Å². The number of hydrogen-bond acceptors (Lipinski definition) is 1. The standard InChI is InChI=1S/C31H35N3/c1-6-8-13-22(3)20-33-26(7-2)24(5)30-28(33)17-18-29-31(30)25-15-9-10-16-27(25)34(29)21-23(4)14-11-12-19-32/h6,8-11,13-19,21,32H,7,12,20H2,1-5H3/b8-6-,14-11-,22-13+,23-21+,32-19?. The minimum Gasteiger partial charge on any atom is -0.340 e. The fourth-order valence-corrected chi connectivity index (χ4v) is 5.08. The molecule has 0 saturated heterocycles. The molecule has 0 radical (unpaired) electrons. The highest BCUT2D eigenvalue weighted by Gasteiger charge is 2.19. The van der Waals surface area contributed by atoms with Crippen molar-refractivity contribution in [3.63, 3.8) is 0 Å². The molecule has 174 valence electrons. The summed E-state index contributed by atoms with van der Waals surface area (Å²) < 4.78 is 4.83. The van der Waals surface area contributed by atoms with E-state index in [1.165, 1.54) is 55.8 Å². The van der Waals surface area contributed by atoms with Crippen LogP contribution in [0.4, 0.5) is 0 Å². The van der Waals surface area contributed by atoms with Crippen molar-refractivity contribution in [3.8, 4) is 0 Å². The summed E-state index contributed by atoms with van der Waals surface area (Å²) in [5.41, 5.74) is 9.08. The first-order chi connectivity index (χ1) is 16.5. The lowest BCUT2D eigenvalue weighted by Crippen LogP contribution is -2.04. The van der Waals surface area contributed by atoms with E-state index >= 15 is 0 Å². The van der Waals surface area contributed by atoms with Crippen LogP contribution in [0.3, 0.4) is 0 Å². The zero-order chi connectivity index (χ0) is 24.2. The van der Waals surface area contributed by atoms with Gasteiger partial charge in [0.2, 0.25) is 0 Å². The van der Waals surface area contributed by atoms with Crippen molar-refractivity contribution < 1.29 is 0 Å². The molecular formula is C31H35N3. The maximum Gasteiger partial charge on any atom is 0.0542 e. The van der Waals surface area contributed by atoms with Crippen molar-refractivity contribution in [2.45, 2.75) is 54.0 Å². The van der Waals surface area contributed by atoms with Gasteiger partial charge in [0.1, 0.15) is 0 Å². The number of fused-ring (bicyclic) bond motifs is 5. The van der Waals surface area contributed by atoms with Crippen molar-refractivity contribution >= 4 is 45.1 Å². The number of nitrogens with zero attached hydrogens (tertiary/aromatic N) is 2. The van der Waals surface area contributed by atoms with E-state index in [2.05, 4.69) is 111 Å². The molecule has 0 unspecified atom stereocenters. The van der Waals surface area contributed by atoms with Crippen LogP contribution >= 0.6 is 0 Å². The molecule has 3 heteroatoms. The summed E-state index contributed by atoms with van der Waals surface area (Å²) in [4.78, 5) is 0. The van der Waals surface area contributed by atoms with Crippen LogP contribution in [0.1, 0.15) is 45.4 Å². The molecule has 0 aliphatic carbocycles. The Morgan fingerprint density at radius 3 is 2.50 bits per heavy atom. The minimum absolute atomic E-state index is 0.660. The number of rotatable bonds is 8. The molecule has 3 nitrogen and oxygen atoms in total. The molecule has 0 bridgehead atoms. The molecule has 0 spiro atoms. The maximum atomic E-state index is 7.26. The first-order valence-electron chi connectivity index (χ1n) is 12.2. The monoisotopic (exact) mass is 449 g/mol. The first-order valence-corrected chi connectivity index (χ1v) is 12.2. The number of benzene rings is 2. The lowest BCUT2D eigenvalue weighted by atomic mass is 10.0. The Labute approximate surface area is 202 Å². The highest BCUT2D eigenvalue weighted by atomic mass is 15.0. The van der Waals surface area contributed by atoms with Crippen LogP contribution in [0.15, 0.2) is 77.9 Å². The average molecular weight is 450 g/mol. The summed E-state index contributed by atoms with van der Waals surface area (Å²) >= 11 is 0. The SMILES string of the molecule is C/C=C\C=C(/C)Cn1c(CC)c(C)c2c3c4ccccc4n(/C=C(C)/C=C\CC=N)c3ccc21. The molecule has 2 aromatic carbocycles. The topological polar surface area (TPSA) is 33.7 Å². The molecule has 0 aliphatic rings. The smallest absolute Gasteiger partial charge is 0.0542 e. The molecule has 34 heavy (non-hydrogen) atoms. The highest BCUT2D eigenvalue weighted by molar-refractivity contribution is 6.22. The van der Waals surface area contributed by atoms with Crippen LogP contribution in [-0.2, 0) is 13.0 Å². The van der Waals surface area contributed by atoms with E-state index in [1.807, 2.05) is 6.08 Å². The van der Waals surface area contributed by atoms with Gasteiger partial charge in [-0.2, -0.15) is 0 Å². The van der Waals surface area contributed by atoms with Crippen LogP contribution in [0.25, 0.3) is 38.9 Å². The first kappa shape index (κ1) is 23.6. The Bertz CT molecular complexity index is 1480. The van der Waals surface area contributed by atoms with Gasteiger partial charge in [-0.05, 0) is 69.7 Å². The van der Waals surface area contributed by atoms with Crippen molar-refractivity contribution in [1.82, 2.24) is 9.13 Å². The lowest BCUT2D eigenvalue weighted by Gasteiger charge is -2.10. The summed E-state index contributed by atoms with van der Waals surface area (Å²) in [6, 6.07) is 13.3. The second-order valence-electron chi connectivity index (χ2n) is 9.01. The van der Waals surface area contributed by atoms with Gasteiger partial charge in [-0.3, -0.25) is 0 Å². The molecule has 0 fully saturated rings. The second-order valence-corrected chi connectivity index (χ2v) is 9.01. The van der Waals surface area contributed by atoms with Gasteiger partial charge in [0.15, 0.2) is 0 Å². The number of para-hydroxylation sites is 1. The van der Waals surface area contributed by atoms with Gasteiger partial charge in [-0.25, -0.2) is 0 Å². The maximum absolute atomic E-state index is 7.26. The van der Waals surface area contributed by atoms with E-state index in [0.717, 1.165) is 18.5 Å². The molecule has 1 N–H and O–H groups in total. The van der Waals surface area contributed by atoms with Gasteiger partial charge in [0.05, 0.1) is 11.0 Å². The largest absolute Gasteiger partial charge is 0.340 e. The number of aryl methyl sites for hydroxylation is 1. The Hall–Kier alpha value is -3.59. The molecule has 2 aromatic heterocycles. The molecule has 2 heterocycles. The van der Waals surface area contributed by atoms with Crippen LogP contribution in [0, 0.1) is 12.3 Å². The van der Waals surface area contributed by atoms with E-state index in [9.17, 15) is 0 Å². The predicted octanol–water partition coefficient (Wildman–Crippen LogP) is 8.60. The molecule has 4 aromatic rings. The summed E-state index contributed by atoms with van der Waals surface area (Å²) in [6.45, 7) is 11.8. The highest BCUT2D eigenvalue weighted by Crippen LogP contribution is 2.39. The van der Waals surface area contributed by atoms with Crippen LogP contribution in [0.2, 0.25) is 0 Å². The van der Waals surface area contributed by atoms with E-state index < -0.39 is 0 Å². The normalized spacial score (nSPS) is 13.4. The summed E-state index contributed by atoms with van der Waals surface area (Å²) in [5, 5.41) is 11.3. The van der Waals surface area contributed by atoms with Gasteiger partial charge in [-0.1, -0.05) is 61.1 Å². The van der Waals surface area contributed by atoms with E-state index in [0.29, 0.717) is 6.42 Å². The number of nitrogens with one attached hydrogen (secondary N) is 1. The van der Waals surface area contributed by atoms with E-state index in [4.69, 9.17) is 5.41 Å². The van der Waals surface area contributed by atoms with Gasteiger partial charge >= 0.3 is 0 Å². The Kier molecular flexibility index (Phi) is 7.02. The zero-order valence-corrected chi connectivity index (χ0v) is 21.0. The van der Waals surface area contributed by atoms with Crippen molar-refractivity contribution in [3.05, 3.63) is 89.2 Å². The van der Waals surface area contributed by atoms with Gasteiger partial charge in [0.25, 0.3) is 0 Å². The predicted molar refractivity (Wildman–Crippen MR) is 150 cm³/mol. The number of allylic oxidation sites excluding steroid dienone is 7. The molecular weight excluding hydrogens is 414 g/mol. The quantitative estimate of drug-likeness (QED) is 0.206.